The molecule has 2 atom stereocenters. The van der Waals surface area contributed by atoms with Crippen molar-refractivity contribution < 1.29 is 9.00 Å². The normalized spacial score (nSPS) is 14.2. The maximum atomic E-state index is 11.1. The Bertz CT molecular complexity index is 234. The number of rotatable bonds is 5. The van der Waals surface area contributed by atoms with E-state index in [2.05, 4.69) is 5.32 Å². The number of nitrogens with two attached hydrogens (primary N) is 1. The third-order valence-corrected chi connectivity index (χ3v) is 2.59. The van der Waals surface area contributed by atoms with Crippen LogP contribution in [0.3, 0.4) is 0 Å². The molecule has 5 nitrogen and oxygen atoms in total. The fraction of sp³-hybridized carbons (Fsp3) is 0.714. The van der Waals surface area contributed by atoms with Crippen LogP contribution in [-0.2, 0) is 15.6 Å². The summed E-state index contributed by atoms with van der Waals surface area (Å²) in [6.07, 6.45) is 0. The van der Waals surface area contributed by atoms with Crippen LogP contribution in [0.15, 0.2) is 0 Å². The monoisotopic (exact) mass is 203 g/mol. The molecule has 0 bridgehead atoms. The molecule has 13 heavy (non-hydrogen) atoms. The van der Waals surface area contributed by atoms with Crippen LogP contribution in [0, 0.1) is 11.3 Å². The third-order valence-electron chi connectivity index (χ3n) is 1.11. The fourth-order valence-corrected chi connectivity index (χ4v) is 1.79. The van der Waals surface area contributed by atoms with Crippen molar-refractivity contribution in [3.63, 3.8) is 0 Å². The van der Waals surface area contributed by atoms with Gasteiger partial charge in [0.05, 0.1) is 6.07 Å². The summed E-state index contributed by atoms with van der Waals surface area (Å²) < 4.78 is 11.1. The standard InChI is InChI=1S/C7H13N3O2S/c1-6(9)4-13(12)5-7(11)10-3-2-8/h6H,3-5,9H2,1H3,(H,10,11). The van der Waals surface area contributed by atoms with Crippen molar-refractivity contribution in [3.05, 3.63) is 0 Å². The molecule has 0 aromatic carbocycles. The minimum Gasteiger partial charge on any atom is -0.342 e. The Labute approximate surface area is 79.7 Å². The van der Waals surface area contributed by atoms with E-state index in [9.17, 15) is 9.00 Å². The highest BCUT2D eigenvalue weighted by Crippen LogP contribution is 1.86. The van der Waals surface area contributed by atoms with Crippen LogP contribution in [0.2, 0.25) is 0 Å². The maximum absolute atomic E-state index is 11.1. The lowest BCUT2D eigenvalue weighted by molar-refractivity contribution is -0.118. The van der Waals surface area contributed by atoms with E-state index >= 15 is 0 Å². The van der Waals surface area contributed by atoms with Gasteiger partial charge in [0, 0.05) is 22.6 Å². The lowest BCUT2D eigenvalue weighted by Crippen LogP contribution is -2.32. The average molecular weight is 203 g/mol. The van der Waals surface area contributed by atoms with Gasteiger partial charge in [-0.15, -0.1) is 0 Å². The smallest absolute Gasteiger partial charge is 0.233 e. The van der Waals surface area contributed by atoms with Crippen molar-refractivity contribution in [2.75, 3.05) is 18.1 Å². The van der Waals surface area contributed by atoms with E-state index in [0.29, 0.717) is 5.75 Å². The predicted molar refractivity (Wildman–Crippen MR) is 50.1 cm³/mol. The summed E-state index contributed by atoms with van der Waals surface area (Å²) in [7, 11) is -1.23. The Morgan fingerprint density at radius 3 is 2.85 bits per heavy atom. The second-order valence-corrected chi connectivity index (χ2v) is 4.16. The second-order valence-electron chi connectivity index (χ2n) is 2.66. The van der Waals surface area contributed by atoms with Gasteiger partial charge in [0.2, 0.25) is 5.91 Å². The molecule has 0 heterocycles. The van der Waals surface area contributed by atoms with E-state index in [-0.39, 0.29) is 24.2 Å². The zero-order valence-electron chi connectivity index (χ0n) is 7.45. The lowest BCUT2D eigenvalue weighted by atomic mass is 10.4. The number of nitrogens with zero attached hydrogens (tertiary/aromatic N) is 1. The van der Waals surface area contributed by atoms with Gasteiger partial charge < -0.3 is 11.1 Å². The Balaban J connectivity index is 3.67. The van der Waals surface area contributed by atoms with Crippen LogP contribution in [0.5, 0.6) is 0 Å². The summed E-state index contributed by atoms with van der Waals surface area (Å²) in [5.74, 6) is -0.149. The number of amides is 1. The van der Waals surface area contributed by atoms with E-state index in [1.807, 2.05) is 0 Å². The molecule has 6 heteroatoms. The predicted octanol–water partition coefficient (Wildman–Crippen LogP) is -1.28. The summed E-state index contributed by atoms with van der Waals surface area (Å²) in [6.45, 7) is 1.68. The van der Waals surface area contributed by atoms with Gasteiger partial charge in [-0.2, -0.15) is 5.26 Å². The van der Waals surface area contributed by atoms with Gasteiger partial charge in [0.15, 0.2) is 0 Å². The van der Waals surface area contributed by atoms with Crippen LogP contribution >= 0.6 is 0 Å². The highest BCUT2D eigenvalue weighted by Gasteiger charge is 2.08. The Morgan fingerprint density at radius 2 is 2.38 bits per heavy atom. The molecule has 2 unspecified atom stereocenters. The molecular weight excluding hydrogens is 190 g/mol. The van der Waals surface area contributed by atoms with Gasteiger partial charge in [-0.25, -0.2) is 0 Å². The fourth-order valence-electron chi connectivity index (χ4n) is 0.688. The van der Waals surface area contributed by atoms with E-state index in [0.717, 1.165) is 0 Å². The molecule has 0 saturated heterocycles. The van der Waals surface area contributed by atoms with Crippen LogP contribution in [0.4, 0.5) is 0 Å². The van der Waals surface area contributed by atoms with E-state index in [1.165, 1.54) is 0 Å². The Morgan fingerprint density at radius 1 is 1.77 bits per heavy atom. The molecule has 0 saturated carbocycles. The molecule has 74 valence electrons. The van der Waals surface area contributed by atoms with E-state index < -0.39 is 10.8 Å². The summed E-state index contributed by atoms with van der Waals surface area (Å²) in [5, 5.41) is 10.4. The number of nitrogens with one attached hydrogen (secondary N) is 1. The first kappa shape index (κ1) is 12.1. The molecule has 1 amide bonds. The van der Waals surface area contributed by atoms with E-state index in [4.69, 9.17) is 11.0 Å². The molecule has 0 fully saturated rings. The van der Waals surface area contributed by atoms with Gasteiger partial charge in [0.1, 0.15) is 12.3 Å². The van der Waals surface area contributed by atoms with Crippen LogP contribution in [-0.4, -0.2) is 34.2 Å². The van der Waals surface area contributed by atoms with Crippen molar-refractivity contribution in [2.45, 2.75) is 13.0 Å². The van der Waals surface area contributed by atoms with Gasteiger partial charge in [0.25, 0.3) is 0 Å². The zero-order valence-corrected chi connectivity index (χ0v) is 8.26. The number of carbonyl (C=O) groups is 1. The van der Waals surface area contributed by atoms with Crippen LogP contribution in [0.1, 0.15) is 6.92 Å². The lowest BCUT2D eigenvalue weighted by Gasteiger charge is -2.04. The molecule has 0 spiro atoms. The van der Waals surface area contributed by atoms with Crippen molar-refractivity contribution >= 4 is 16.7 Å². The number of carbonyl (C=O) groups excluding carboxylic acids is 1. The highest BCUT2D eigenvalue weighted by molar-refractivity contribution is 7.85. The first-order valence-corrected chi connectivity index (χ1v) is 5.29. The largest absolute Gasteiger partial charge is 0.342 e. The second kappa shape index (κ2) is 6.57. The molecule has 0 aliphatic rings. The minimum atomic E-state index is -1.23. The topological polar surface area (TPSA) is 96.0 Å². The molecule has 0 aromatic rings. The Kier molecular flexibility index (Phi) is 6.10. The molecule has 3 N–H and O–H groups in total. The first-order valence-electron chi connectivity index (χ1n) is 3.80. The summed E-state index contributed by atoms with van der Waals surface area (Å²) in [4.78, 5) is 10.9. The zero-order chi connectivity index (χ0) is 10.3. The average Bonchev–Trinajstić information content (AvgIpc) is 1.98. The van der Waals surface area contributed by atoms with Gasteiger partial charge in [-0.1, -0.05) is 0 Å². The summed E-state index contributed by atoms with van der Waals surface area (Å²) >= 11 is 0. The quantitative estimate of drug-likeness (QED) is 0.544. The number of hydrogen-bond acceptors (Lipinski definition) is 4. The molecule has 0 aromatic heterocycles. The summed E-state index contributed by atoms with van der Waals surface area (Å²) in [5.41, 5.74) is 5.39. The van der Waals surface area contributed by atoms with Gasteiger partial charge in [-0.05, 0) is 6.92 Å². The highest BCUT2D eigenvalue weighted by atomic mass is 32.2. The van der Waals surface area contributed by atoms with Crippen molar-refractivity contribution in [1.29, 1.82) is 5.26 Å². The van der Waals surface area contributed by atoms with Crippen LogP contribution in [0.25, 0.3) is 0 Å². The maximum Gasteiger partial charge on any atom is 0.233 e. The van der Waals surface area contributed by atoms with Gasteiger partial charge in [-0.3, -0.25) is 9.00 Å². The van der Waals surface area contributed by atoms with Crippen LogP contribution < -0.4 is 11.1 Å². The molecule has 0 aliphatic heterocycles. The SMILES string of the molecule is CC(N)CS(=O)CC(=O)NCC#N. The van der Waals surface area contributed by atoms with E-state index in [1.54, 1.807) is 13.0 Å². The third kappa shape index (κ3) is 7.43. The first-order chi connectivity index (χ1) is 6.06. The van der Waals surface area contributed by atoms with Crippen molar-refractivity contribution in [3.8, 4) is 6.07 Å². The molecule has 0 radical (unpaired) electrons. The molecule has 0 rings (SSSR count). The number of nitriles is 1. The molecular formula is C7H13N3O2S. The number of hydrogen-bond donors (Lipinski definition) is 2. The van der Waals surface area contributed by atoms with Gasteiger partial charge >= 0.3 is 0 Å². The van der Waals surface area contributed by atoms with Crippen molar-refractivity contribution in [2.24, 2.45) is 5.73 Å². The summed E-state index contributed by atoms with van der Waals surface area (Å²) in [6, 6.07) is 1.58. The van der Waals surface area contributed by atoms with Crippen molar-refractivity contribution in [1.82, 2.24) is 5.32 Å². The minimum absolute atomic E-state index is 0.0474. The Hall–Kier alpha value is -0.930. The molecule has 0 aliphatic carbocycles.